The molecule has 0 aliphatic rings. The second-order valence-corrected chi connectivity index (χ2v) is 12.9. The van der Waals surface area contributed by atoms with E-state index in [0.29, 0.717) is 26.4 Å². The van der Waals surface area contributed by atoms with Crippen molar-refractivity contribution in [3.05, 3.63) is 102 Å². The van der Waals surface area contributed by atoms with Crippen molar-refractivity contribution < 1.29 is 13.3 Å². The third-order valence-corrected chi connectivity index (χ3v) is 12.2. The Labute approximate surface area is 204 Å². The van der Waals surface area contributed by atoms with Crippen LogP contribution < -0.4 is 3.61 Å². The molecule has 0 heterocycles. The van der Waals surface area contributed by atoms with Crippen LogP contribution >= 0.6 is 0 Å². The van der Waals surface area contributed by atoms with Gasteiger partial charge in [0.15, 0.2) is 0 Å². The molecule has 0 fully saturated rings. The molecule has 0 bridgehead atoms. The molecule has 1 unspecified atom stereocenters. The average Bonchev–Trinajstić information content (AvgIpc) is 2.83. The fraction of sp³-hybridized carbons (Fsp3) is 0.308. The van der Waals surface area contributed by atoms with Crippen molar-refractivity contribution >= 4 is 33.5 Å². The summed E-state index contributed by atoms with van der Waals surface area (Å²) in [7, 11) is -3.14. The van der Waals surface area contributed by atoms with Gasteiger partial charge in [-0.1, -0.05) is 0 Å². The molecule has 6 heteroatoms. The van der Waals surface area contributed by atoms with E-state index in [1.165, 1.54) is 14.7 Å². The molecule has 0 spiro atoms. The summed E-state index contributed by atoms with van der Waals surface area (Å²) in [6.07, 6.45) is 0. The van der Waals surface area contributed by atoms with Gasteiger partial charge in [0.1, 0.15) is 0 Å². The van der Waals surface area contributed by atoms with Gasteiger partial charge in [0.25, 0.3) is 0 Å². The predicted molar refractivity (Wildman–Crippen MR) is 134 cm³/mol. The molecule has 3 rings (SSSR count). The molecule has 170 valence electrons. The standard InChI is InChI=1S/C26H33NO3SiTe/c1-4-28-31(29-5-2,30-6-3)27(22-23-16-10-7-11-17-23)26(24-18-12-8-13-19-24)32-25-20-14-9-15-21-25/h7-21,26H,4-6,22H2,1-3H3. The van der Waals surface area contributed by atoms with Crippen LogP contribution in [0.1, 0.15) is 36.0 Å². The molecule has 3 aromatic carbocycles. The van der Waals surface area contributed by atoms with Gasteiger partial charge in [-0.3, -0.25) is 0 Å². The zero-order valence-electron chi connectivity index (χ0n) is 19.1. The van der Waals surface area contributed by atoms with E-state index in [1.54, 1.807) is 0 Å². The van der Waals surface area contributed by atoms with Crippen LogP contribution in [-0.4, -0.2) is 54.3 Å². The molecule has 0 aliphatic carbocycles. The zero-order chi connectivity index (χ0) is 22.7. The van der Waals surface area contributed by atoms with E-state index in [1.807, 2.05) is 20.8 Å². The average molecular weight is 563 g/mol. The van der Waals surface area contributed by atoms with Crippen molar-refractivity contribution in [1.82, 2.24) is 4.57 Å². The van der Waals surface area contributed by atoms with E-state index in [-0.39, 0.29) is 4.09 Å². The van der Waals surface area contributed by atoms with Gasteiger partial charge in [0.05, 0.1) is 0 Å². The first-order valence-corrected chi connectivity index (χ1v) is 15.4. The molecule has 0 aliphatic heterocycles. The topological polar surface area (TPSA) is 30.9 Å². The number of hydrogen-bond acceptors (Lipinski definition) is 4. The molecular formula is C26H33NO3SiTe. The molecule has 0 radical (unpaired) electrons. The summed E-state index contributed by atoms with van der Waals surface area (Å²) in [6, 6.07) is 32.1. The van der Waals surface area contributed by atoms with Gasteiger partial charge in [-0.25, -0.2) is 0 Å². The summed E-state index contributed by atoms with van der Waals surface area (Å²) < 4.78 is 23.3. The van der Waals surface area contributed by atoms with Crippen molar-refractivity contribution in [2.24, 2.45) is 0 Å². The summed E-state index contributed by atoms with van der Waals surface area (Å²) in [4.78, 5) is 0. The zero-order valence-corrected chi connectivity index (χ0v) is 22.5. The SMILES string of the molecule is CCO[Si](OCC)(OCC)N(Cc1ccccc1)C([Te]c1ccccc1)c1ccccc1. The first kappa shape index (κ1) is 25.1. The first-order chi connectivity index (χ1) is 15.7. The Morgan fingerprint density at radius 3 is 1.66 bits per heavy atom. The van der Waals surface area contributed by atoms with Crippen LogP contribution in [-0.2, 0) is 19.8 Å². The van der Waals surface area contributed by atoms with Crippen LogP contribution in [0.5, 0.6) is 0 Å². The van der Waals surface area contributed by atoms with Gasteiger partial charge in [0.2, 0.25) is 0 Å². The van der Waals surface area contributed by atoms with Crippen molar-refractivity contribution in [3.8, 4) is 0 Å². The molecule has 0 saturated carbocycles. The summed E-state index contributed by atoms with van der Waals surface area (Å²) in [5.74, 6) is 0. The third kappa shape index (κ3) is 6.75. The van der Waals surface area contributed by atoms with E-state index in [2.05, 4.69) is 95.6 Å². The Balaban J connectivity index is 2.12. The van der Waals surface area contributed by atoms with Gasteiger partial charge in [-0.2, -0.15) is 0 Å². The third-order valence-electron chi connectivity index (χ3n) is 4.89. The monoisotopic (exact) mass is 565 g/mol. The fourth-order valence-electron chi connectivity index (χ4n) is 3.58. The molecule has 0 aromatic heterocycles. The second kappa shape index (κ2) is 13.3. The van der Waals surface area contributed by atoms with Gasteiger partial charge in [0, 0.05) is 0 Å². The Hall–Kier alpha value is -1.49. The molecule has 3 aromatic rings. The number of hydrogen-bond donors (Lipinski definition) is 0. The van der Waals surface area contributed by atoms with Crippen LogP contribution in [0.3, 0.4) is 0 Å². The first-order valence-electron chi connectivity index (χ1n) is 11.2. The summed E-state index contributed by atoms with van der Waals surface area (Å²) in [5, 5.41) is 0. The molecule has 0 amide bonds. The summed E-state index contributed by atoms with van der Waals surface area (Å²) >= 11 is -0.667. The maximum absolute atomic E-state index is 6.43. The van der Waals surface area contributed by atoms with Crippen LogP contribution in [0, 0.1) is 0 Å². The normalized spacial score (nSPS) is 12.8. The van der Waals surface area contributed by atoms with Crippen molar-refractivity contribution in [2.45, 2.75) is 31.4 Å². The van der Waals surface area contributed by atoms with Crippen molar-refractivity contribution in [2.75, 3.05) is 19.8 Å². The number of nitrogens with zero attached hydrogens (tertiary/aromatic N) is 1. The molecular weight excluding hydrogens is 530 g/mol. The van der Waals surface area contributed by atoms with Crippen molar-refractivity contribution in [1.29, 1.82) is 0 Å². The molecule has 4 nitrogen and oxygen atoms in total. The molecule has 1 atom stereocenters. The second-order valence-electron chi connectivity index (χ2n) is 7.13. The number of rotatable bonds is 13. The van der Waals surface area contributed by atoms with E-state index >= 15 is 0 Å². The Bertz CT molecular complexity index is 882. The number of benzene rings is 3. The van der Waals surface area contributed by atoms with E-state index in [9.17, 15) is 0 Å². The van der Waals surface area contributed by atoms with Crippen molar-refractivity contribution in [3.63, 3.8) is 0 Å². The quantitative estimate of drug-likeness (QED) is 0.281. The molecule has 32 heavy (non-hydrogen) atoms. The summed E-state index contributed by atoms with van der Waals surface area (Å²) in [5.41, 5.74) is 2.51. The Morgan fingerprint density at radius 2 is 1.16 bits per heavy atom. The van der Waals surface area contributed by atoms with E-state index in [4.69, 9.17) is 13.3 Å². The molecule has 0 N–H and O–H groups in total. The maximum atomic E-state index is 6.43. The van der Waals surface area contributed by atoms with Gasteiger partial charge in [-0.05, 0) is 0 Å². The summed E-state index contributed by atoms with van der Waals surface area (Å²) in [6.45, 7) is 8.41. The Kier molecular flexibility index (Phi) is 10.4. The van der Waals surface area contributed by atoms with E-state index in [0.717, 1.165) is 0 Å². The van der Waals surface area contributed by atoms with Gasteiger partial charge >= 0.3 is 205 Å². The van der Waals surface area contributed by atoms with Gasteiger partial charge < -0.3 is 0 Å². The van der Waals surface area contributed by atoms with Gasteiger partial charge in [-0.15, -0.1) is 0 Å². The minimum absolute atomic E-state index is 0.167. The van der Waals surface area contributed by atoms with Crippen LogP contribution in [0.15, 0.2) is 91.0 Å². The Morgan fingerprint density at radius 1 is 0.688 bits per heavy atom. The van der Waals surface area contributed by atoms with Crippen LogP contribution in [0.2, 0.25) is 0 Å². The molecule has 0 saturated heterocycles. The predicted octanol–water partition coefficient (Wildman–Crippen LogP) is 4.76. The minimum atomic E-state index is -3.14. The van der Waals surface area contributed by atoms with Crippen LogP contribution in [0.4, 0.5) is 0 Å². The van der Waals surface area contributed by atoms with Crippen LogP contribution in [0.25, 0.3) is 0 Å². The fourth-order valence-corrected chi connectivity index (χ4v) is 10.7. The van der Waals surface area contributed by atoms with E-state index < -0.39 is 29.9 Å².